The lowest BCUT2D eigenvalue weighted by molar-refractivity contribution is -0.124. The lowest BCUT2D eigenvalue weighted by atomic mass is 9.70. The van der Waals surface area contributed by atoms with Crippen LogP contribution in [-0.4, -0.2) is 29.7 Å². The second-order valence-electron chi connectivity index (χ2n) is 9.15. The van der Waals surface area contributed by atoms with Crippen LogP contribution < -0.4 is 5.32 Å². The van der Waals surface area contributed by atoms with Crippen LogP contribution in [0.25, 0.3) is 0 Å². The number of nitrogens with one attached hydrogen (secondary N) is 1. The molecule has 1 heterocycles. The number of benzene rings is 3. The van der Waals surface area contributed by atoms with E-state index < -0.39 is 0 Å². The Kier molecular flexibility index (Phi) is 7.05. The Morgan fingerprint density at radius 3 is 2.21 bits per heavy atom. The standard InChI is InChI=1S/C29H32N2O2/c1-22-7-6-8-25(19-22)20-30-28(33)26-13-11-24(12-14-26)21-31-17-15-29(16-18-31,23(2)32)27-9-4-3-5-10-27/h3-14,19H,15-18,20-21H2,1-2H3,(H,30,33). The summed E-state index contributed by atoms with van der Waals surface area (Å²) in [5, 5.41) is 3.00. The van der Waals surface area contributed by atoms with Crippen molar-refractivity contribution in [2.75, 3.05) is 13.1 Å². The zero-order chi connectivity index (χ0) is 23.3. The van der Waals surface area contributed by atoms with Crippen molar-refractivity contribution < 1.29 is 9.59 Å². The fourth-order valence-corrected chi connectivity index (χ4v) is 4.82. The number of nitrogens with zero attached hydrogens (tertiary/aromatic N) is 1. The highest BCUT2D eigenvalue weighted by Gasteiger charge is 2.40. The van der Waals surface area contributed by atoms with E-state index >= 15 is 0 Å². The van der Waals surface area contributed by atoms with Crippen molar-refractivity contribution in [1.29, 1.82) is 0 Å². The van der Waals surface area contributed by atoms with Gasteiger partial charge in [-0.05, 0) is 68.6 Å². The van der Waals surface area contributed by atoms with Gasteiger partial charge in [-0.25, -0.2) is 0 Å². The number of hydrogen-bond acceptors (Lipinski definition) is 3. The number of piperidine rings is 1. The van der Waals surface area contributed by atoms with Crippen molar-refractivity contribution in [3.05, 3.63) is 107 Å². The minimum atomic E-state index is -0.364. The largest absolute Gasteiger partial charge is 0.348 e. The summed E-state index contributed by atoms with van der Waals surface area (Å²) in [5.41, 5.74) is 4.91. The number of likely N-dealkylation sites (tertiary alicyclic amines) is 1. The third kappa shape index (κ3) is 5.40. The maximum absolute atomic E-state index is 12.6. The summed E-state index contributed by atoms with van der Waals surface area (Å²) in [6.45, 7) is 6.89. The van der Waals surface area contributed by atoms with E-state index in [0.717, 1.165) is 43.6 Å². The number of carbonyl (C=O) groups is 2. The molecule has 3 aromatic rings. The molecule has 3 aromatic carbocycles. The predicted octanol–water partition coefficient (Wildman–Crippen LogP) is 5.05. The highest BCUT2D eigenvalue weighted by Crippen LogP contribution is 2.36. The Hall–Kier alpha value is -3.24. The minimum absolute atomic E-state index is 0.0601. The van der Waals surface area contributed by atoms with E-state index in [0.29, 0.717) is 12.1 Å². The fraction of sp³-hybridized carbons (Fsp3) is 0.310. The number of Topliss-reactive ketones (excluding diaryl/α,β-unsaturated/α-hetero) is 1. The highest BCUT2D eigenvalue weighted by molar-refractivity contribution is 5.94. The molecule has 0 unspecified atom stereocenters. The van der Waals surface area contributed by atoms with Crippen LogP contribution in [0.15, 0.2) is 78.9 Å². The molecule has 0 aromatic heterocycles. The molecule has 170 valence electrons. The van der Waals surface area contributed by atoms with Gasteiger partial charge in [-0.15, -0.1) is 0 Å². The van der Waals surface area contributed by atoms with E-state index in [1.54, 1.807) is 6.92 Å². The molecule has 0 radical (unpaired) electrons. The highest BCUT2D eigenvalue weighted by atomic mass is 16.1. The van der Waals surface area contributed by atoms with E-state index in [4.69, 9.17) is 0 Å². The number of rotatable bonds is 7. The van der Waals surface area contributed by atoms with Crippen LogP contribution in [-0.2, 0) is 23.3 Å². The van der Waals surface area contributed by atoms with Crippen LogP contribution in [0.1, 0.15) is 52.4 Å². The Bertz CT molecular complexity index is 1100. The summed E-state index contributed by atoms with van der Waals surface area (Å²) < 4.78 is 0. The summed E-state index contributed by atoms with van der Waals surface area (Å²) in [6.07, 6.45) is 1.68. The Labute approximate surface area is 196 Å². The number of hydrogen-bond donors (Lipinski definition) is 1. The Balaban J connectivity index is 1.32. The normalized spacial score (nSPS) is 15.7. The van der Waals surface area contributed by atoms with Gasteiger partial charge < -0.3 is 5.32 Å². The van der Waals surface area contributed by atoms with Crippen LogP contribution >= 0.6 is 0 Å². The Morgan fingerprint density at radius 2 is 1.58 bits per heavy atom. The molecule has 0 saturated carbocycles. The van der Waals surface area contributed by atoms with Crippen LogP contribution in [0, 0.1) is 6.92 Å². The summed E-state index contributed by atoms with van der Waals surface area (Å²) in [4.78, 5) is 27.5. The smallest absolute Gasteiger partial charge is 0.251 e. The SMILES string of the molecule is CC(=O)C1(c2ccccc2)CCN(Cc2ccc(C(=O)NCc3cccc(C)c3)cc2)CC1. The van der Waals surface area contributed by atoms with Crippen molar-refractivity contribution in [2.45, 2.75) is 45.2 Å². The van der Waals surface area contributed by atoms with Gasteiger partial charge in [0, 0.05) is 18.7 Å². The molecule has 1 aliphatic heterocycles. The van der Waals surface area contributed by atoms with Gasteiger partial charge >= 0.3 is 0 Å². The number of amides is 1. The Morgan fingerprint density at radius 1 is 0.879 bits per heavy atom. The third-order valence-electron chi connectivity index (χ3n) is 6.87. The lowest BCUT2D eigenvalue weighted by Gasteiger charge is -2.40. The van der Waals surface area contributed by atoms with Gasteiger partial charge in [-0.1, -0.05) is 72.3 Å². The maximum Gasteiger partial charge on any atom is 0.251 e. The van der Waals surface area contributed by atoms with E-state index in [1.807, 2.05) is 67.6 Å². The molecule has 4 rings (SSSR count). The first kappa shape index (κ1) is 22.9. The van der Waals surface area contributed by atoms with E-state index in [2.05, 4.69) is 28.4 Å². The quantitative estimate of drug-likeness (QED) is 0.559. The third-order valence-corrected chi connectivity index (χ3v) is 6.87. The molecule has 0 aliphatic carbocycles. The molecule has 4 heteroatoms. The van der Waals surface area contributed by atoms with Crippen molar-refractivity contribution >= 4 is 11.7 Å². The average Bonchev–Trinajstić information content (AvgIpc) is 2.84. The second kappa shape index (κ2) is 10.1. The fourth-order valence-electron chi connectivity index (χ4n) is 4.82. The summed E-state index contributed by atoms with van der Waals surface area (Å²) in [6, 6.07) is 26.2. The van der Waals surface area contributed by atoms with Gasteiger partial charge in [0.2, 0.25) is 0 Å². The van der Waals surface area contributed by atoms with Crippen LogP contribution in [0.3, 0.4) is 0 Å². The number of aryl methyl sites for hydroxylation is 1. The first-order valence-electron chi connectivity index (χ1n) is 11.7. The molecule has 33 heavy (non-hydrogen) atoms. The summed E-state index contributed by atoms with van der Waals surface area (Å²) in [5.74, 6) is 0.199. The molecule has 1 saturated heterocycles. The molecule has 1 amide bonds. The van der Waals surface area contributed by atoms with Crippen molar-refractivity contribution in [3.8, 4) is 0 Å². The van der Waals surface area contributed by atoms with Crippen molar-refractivity contribution in [1.82, 2.24) is 10.2 Å². The lowest BCUT2D eigenvalue weighted by Crippen LogP contribution is -2.46. The number of carbonyl (C=O) groups excluding carboxylic acids is 2. The average molecular weight is 441 g/mol. The van der Waals surface area contributed by atoms with E-state index in [1.165, 1.54) is 11.1 Å². The van der Waals surface area contributed by atoms with Crippen LogP contribution in [0.4, 0.5) is 0 Å². The minimum Gasteiger partial charge on any atom is -0.348 e. The second-order valence-corrected chi connectivity index (χ2v) is 9.15. The van der Waals surface area contributed by atoms with Gasteiger partial charge in [-0.3, -0.25) is 14.5 Å². The van der Waals surface area contributed by atoms with Gasteiger partial charge in [-0.2, -0.15) is 0 Å². The van der Waals surface area contributed by atoms with Crippen molar-refractivity contribution in [2.24, 2.45) is 0 Å². The predicted molar refractivity (Wildman–Crippen MR) is 132 cm³/mol. The molecule has 0 atom stereocenters. The molecule has 0 spiro atoms. The zero-order valence-electron chi connectivity index (χ0n) is 19.5. The van der Waals surface area contributed by atoms with E-state index in [9.17, 15) is 9.59 Å². The summed E-state index contributed by atoms with van der Waals surface area (Å²) in [7, 11) is 0. The monoisotopic (exact) mass is 440 g/mol. The molecule has 1 N–H and O–H groups in total. The van der Waals surface area contributed by atoms with Gasteiger partial charge in [0.25, 0.3) is 5.91 Å². The number of ketones is 1. The van der Waals surface area contributed by atoms with Crippen molar-refractivity contribution in [3.63, 3.8) is 0 Å². The summed E-state index contributed by atoms with van der Waals surface area (Å²) >= 11 is 0. The van der Waals surface area contributed by atoms with Crippen LogP contribution in [0.2, 0.25) is 0 Å². The first-order valence-corrected chi connectivity index (χ1v) is 11.7. The van der Waals surface area contributed by atoms with Crippen LogP contribution in [0.5, 0.6) is 0 Å². The maximum atomic E-state index is 12.6. The molecule has 1 aliphatic rings. The molecule has 0 bridgehead atoms. The van der Waals surface area contributed by atoms with E-state index in [-0.39, 0.29) is 17.1 Å². The molecule has 1 fully saturated rings. The zero-order valence-corrected chi connectivity index (χ0v) is 19.5. The molecular weight excluding hydrogens is 408 g/mol. The van der Waals surface area contributed by atoms with Gasteiger partial charge in [0.1, 0.15) is 5.78 Å². The van der Waals surface area contributed by atoms with Gasteiger partial charge in [0.15, 0.2) is 0 Å². The topological polar surface area (TPSA) is 49.4 Å². The first-order chi connectivity index (χ1) is 16.0. The molecule has 4 nitrogen and oxygen atoms in total. The molecular formula is C29H32N2O2. The van der Waals surface area contributed by atoms with Gasteiger partial charge in [0.05, 0.1) is 5.41 Å².